The Labute approximate surface area is 43.3 Å². The monoisotopic (exact) mass is 99.1 g/mol. The van der Waals surface area contributed by atoms with Gasteiger partial charge < -0.3 is 9.79 Å². The largest absolute Gasteiger partial charge is 0.303 e. The lowest BCUT2D eigenvalue weighted by Gasteiger charge is -1.75. The van der Waals surface area contributed by atoms with Gasteiger partial charge in [0.05, 0.1) is 0 Å². The lowest BCUT2D eigenvalue weighted by molar-refractivity contribution is -0.107. The van der Waals surface area contributed by atoms with Crippen LogP contribution in [0, 0.1) is 0 Å². The maximum atomic E-state index is 9.62. The van der Waals surface area contributed by atoms with Crippen LogP contribution in [0.4, 0.5) is 0 Å². The molecule has 7 heavy (non-hydrogen) atoms. The van der Waals surface area contributed by atoms with Gasteiger partial charge in [-0.05, 0) is 12.6 Å². The third-order valence-electron chi connectivity index (χ3n) is 0.596. The number of carbonyl (C=O) groups excluding carboxylic acids is 1. The first-order valence-electron chi connectivity index (χ1n) is 2.26. The maximum Gasteiger partial charge on any atom is 0.120 e. The van der Waals surface area contributed by atoms with Gasteiger partial charge >= 0.3 is 0 Å². The molecule has 0 fully saturated rings. The Hall–Kier alpha value is -0.660. The third-order valence-corrected chi connectivity index (χ3v) is 0.596. The summed E-state index contributed by atoms with van der Waals surface area (Å²) in [6.07, 6.45) is 3.99. The number of aliphatic imine (C=N–C) groups is 1. The summed E-state index contributed by atoms with van der Waals surface area (Å²) in [7, 11) is 1.70. The minimum absolute atomic E-state index is 0.595. The summed E-state index contributed by atoms with van der Waals surface area (Å²) < 4.78 is 0. The molecule has 0 aromatic carbocycles. The van der Waals surface area contributed by atoms with Crippen molar-refractivity contribution >= 4 is 12.5 Å². The Balaban J connectivity index is 2.82. The van der Waals surface area contributed by atoms with Crippen LogP contribution < -0.4 is 0 Å². The van der Waals surface area contributed by atoms with Crippen molar-refractivity contribution in [2.45, 2.75) is 12.8 Å². The van der Waals surface area contributed by atoms with E-state index >= 15 is 0 Å². The van der Waals surface area contributed by atoms with Gasteiger partial charge in [0.2, 0.25) is 0 Å². The minimum Gasteiger partial charge on any atom is -0.303 e. The zero-order valence-corrected chi connectivity index (χ0v) is 4.42. The van der Waals surface area contributed by atoms with E-state index in [1.54, 1.807) is 13.3 Å². The summed E-state index contributed by atoms with van der Waals surface area (Å²) in [5, 5.41) is 0. The van der Waals surface area contributed by atoms with Crippen LogP contribution >= 0.6 is 0 Å². The smallest absolute Gasteiger partial charge is 0.120 e. The molecule has 0 unspecified atom stereocenters. The van der Waals surface area contributed by atoms with Gasteiger partial charge in [0.25, 0.3) is 0 Å². The van der Waals surface area contributed by atoms with Gasteiger partial charge in [0.15, 0.2) is 0 Å². The van der Waals surface area contributed by atoms with Crippen LogP contribution in [-0.2, 0) is 4.79 Å². The molecule has 0 aliphatic heterocycles. The normalized spacial score (nSPS) is 9.86. The molecule has 0 amide bonds. The number of aldehydes is 1. The Kier molecular flexibility index (Phi) is 4.84. The van der Waals surface area contributed by atoms with Gasteiger partial charge in [-0.25, -0.2) is 0 Å². The quantitative estimate of drug-likeness (QED) is 0.290. The molecule has 40 valence electrons. The molecule has 0 rings (SSSR count). The summed E-state index contributed by atoms with van der Waals surface area (Å²) in [4.78, 5) is 13.3. The molecule has 0 saturated heterocycles. The highest BCUT2D eigenvalue weighted by atomic mass is 16.1. The highest BCUT2D eigenvalue weighted by Crippen LogP contribution is 1.75. The van der Waals surface area contributed by atoms with Crippen molar-refractivity contribution in [1.29, 1.82) is 0 Å². The van der Waals surface area contributed by atoms with Crippen LogP contribution in [-0.4, -0.2) is 19.5 Å². The molecule has 2 nitrogen and oxygen atoms in total. The summed E-state index contributed by atoms with van der Waals surface area (Å²) in [5.41, 5.74) is 0. The highest BCUT2D eigenvalue weighted by molar-refractivity contribution is 5.62. The molecule has 0 aromatic heterocycles. The fourth-order valence-corrected chi connectivity index (χ4v) is 0.272. The van der Waals surface area contributed by atoms with Crippen molar-refractivity contribution < 1.29 is 4.79 Å². The molecule has 0 saturated carbocycles. The first-order valence-corrected chi connectivity index (χ1v) is 2.26. The topological polar surface area (TPSA) is 29.4 Å². The summed E-state index contributed by atoms with van der Waals surface area (Å²) in [6.45, 7) is 0. The predicted molar refractivity (Wildman–Crippen MR) is 29.7 cm³/mol. The third kappa shape index (κ3) is 5.34. The summed E-state index contributed by atoms with van der Waals surface area (Å²) in [5.74, 6) is 0. The Morgan fingerprint density at radius 1 is 1.57 bits per heavy atom. The molecule has 2 heteroatoms. The predicted octanol–water partition coefficient (Wildman–Crippen LogP) is 0.666. The van der Waals surface area contributed by atoms with Gasteiger partial charge in [0.1, 0.15) is 6.29 Å². The number of hydrogen-bond donors (Lipinski definition) is 0. The lowest BCUT2D eigenvalue weighted by Crippen LogP contribution is -1.75. The van der Waals surface area contributed by atoms with Crippen molar-refractivity contribution in [3.63, 3.8) is 0 Å². The van der Waals surface area contributed by atoms with Crippen molar-refractivity contribution in [3.8, 4) is 0 Å². The molecule has 0 radical (unpaired) electrons. The van der Waals surface area contributed by atoms with Gasteiger partial charge in [-0.3, -0.25) is 0 Å². The van der Waals surface area contributed by atoms with Gasteiger partial charge in [-0.1, -0.05) is 0 Å². The number of nitrogens with zero attached hydrogens (tertiary/aromatic N) is 1. The number of unbranched alkanes of at least 4 members (excludes halogenated alkanes) is 1. The van der Waals surface area contributed by atoms with Crippen molar-refractivity contribution in [2.24, 2.45) is 4.99 Å². The SMILES string of the molecule is CN=CCCC=O. The minimum atomic E-state index is 0.595. The van der Waals surface area contributed by atoms with Crippen molar-refractivity contribution in [3.05, 3.63) is 0 Å². The van der Waals surface area contributed by atoms with E-state index in [-0.39, 0.29) is 0 Å². The molecule has 0 heterocycles. The van der Waals surface area contributed by atoms with Gasteiger partial charge in [0, 0.05) is 13.5 Å². The molecule has 0 aromatic rings. The first-order chi connectivity index (χ1) is 3.41. The number of carbonyl (C=O) groups is 1. The Bertz CT molecular complexity index is 68.5. The van der Waals surface area contributed by atoms with E-state index in [1.165, 1.54) is 0 Å². The summed E-state index contributed by atoms with van der Waals surface area (Å²) >= 11 is 0. The van der Waals surface area contributed by atoms with Crippen LogP contribution in [0.1, 0.15) is 12.8 Å². The zero-order valence-electron chi connectivity index (χ0n) is 4.42. The lowest BCUT2D eigenvalue weighted by atomic mass is 10.4. The number of rotatable bonds is 3. The highest BCUT2D eigenvalue weighted by Gasteiger charge is 1.73. The Morgan fingerprint density at radius 2 is 2.29 bits per heavy atom. The first kappa shape index (κ1) is 6.34. The van der Waals surface area contributed by atoms with Crippen LogP contribution in [0.2, 0.25) is 0 Å². The fraction of sp³-hybridized carbons (Fsp3) is 0.600. The van der Waals surface area contributed by atoms with Gasteiger partial charge in [-0.2, -0.15) is 0 Å². The summed E-state index contributed by atoms with van der Waals surface area (Å²) in [6, 6.07) is 0. The standard InChI is InChI=1S/C5H9NO/c1-6-4-2-3-5-7/h4-5H,2-3H2,1H3. The van der Waals surface area contributed by atoms with E-state index in [4.69, 9.17) is 0 Å². The Morgan fingerprint density at radius 3 is 2.71 bits per heavy atom. The molecule has 0 spiro atoms. The second kappa shape index (κ2) is 5.34. The second-order valence-electron chi connectivity index (χ2n) is 1.18. The van der Waals surface area contributed by atoms with Crippen LogP contribution in [0.3, 0.4) is 0 Å². The molecular weight excluding hydrogens is 90.1 g/mol. The van der Waals surface area contributed by atoms with Crippen LogP contribution in [0.15, 0.2) is 4.99 Å². The fourth-order valence-electron chi connectivity index (χ4n) is 0.272. The van der Waals surface area contributed by atoms with Crippen LogP contribution in [0.25, 0.3) is 0 Å². The van der Waals surface area contributed by atoms with E-state index in [2.05, 4.69) is 4.99 Å². The molecule has 0 aliphatic carbocycles. The van der Waals surface area contributed by atoms with E-state index < -0.39 is 0 Å². The van der Waals surface area contributed by atoms with Crippen LogP contribution in [0.5, 0.6) is 0 Å². The molecular formula is C5H9NO. The second-order valence-corrected chi connectivity index (χ2v) is 1.18. The molecule has 0 N–H and O–H groups in total. The van der Waals surface area contributed by atoms with E-state index in [0.717, 1.165) is 12.7 Å². The van der Waals surface area contributed by atoms with Crippen molar-refractivity contribution in [2.75, 3.05) is 7.05 Å². The molecule has 0 atom stereocenters. The number of hydrogen-bond acceptors (Lipinski definition) is 2. The average Bonchev–Trinajstić information content (AvgIpc) is 1.69. The van der Waals surface area contributed by atoms with E-state index in [0.29, 0.717) is 6.42 Å². The van der Waals surface area contributed by atoms with Crippen molar-refractivity contribution in [1.82, 2.24) is 0 Å². The average molecular weight is 99.1 g/mol. The molecule has 0 aliphatic rings. The van der Waals surface area contributed by atoms with E-state index in [9.17, 15) is 4.79 Å². The maximum absolute atomic E-state index is 9.62. The molecule has 0 bridgehead atoms. The zero-order chi connectivity index (χ0) is 5.54. The van der Waals surface area contributed by atoms with Gasteiger partial charge in [-0.15, -0.1) is 0 Å². The van der Waals surface area contributed by atoms with E-state index in [1.807, 2.05) is 0 Å².